The third kappa shape index (κ3) is 4.55. The van der Waals surface area contributed by atoms with Gasteiger partial charge in [-0.2, -0.15) is 9.97 Å². The number of hydrogen-bond donors (Lipinski definition) is 4. The molecule has 182 valence electrons. The number of piperazine rings is 1. The van der Waals surface area contributed by atoms with Crippen molar-refractivity contribution in [2.75, 3.05) is 54.5 Å². The minimum Gasteiger partial charge on any atom is -0.508 e. The van der Waals surface area contributed by atoms with Crippen molar-refractivity contribution in [3.05, 3.63) is 55.1 Å². The average molecular weight is 477 g/mol. The molecule has 1 aromatic carbocycles. The zero-order chi connectivity index (χ0) is 24.4. The summed E-state index contributed by atoms with van der Waals surface area (Å²) in [7, 11) is 0. The maximum Gasteiger partial charge on any atom is 0.229 e. The van der Waals surface area contributed by atoms with Gasteiger partial charge >= 0.3 is 0 Å². The van der Waals surface area contributed by atoms with Crippen LogP contribution in [0.5, 0.6) is 5.75 Å². The Morgan fingerprint density at radius 1 is 0.886 bits per heavy atom. The number of fused-ring (bicyclic) bond motifs is 1. The number of aliphatic hydroxyl groups excluding tert-OH is 2. The second-order valence-corrected chi connectivity index (χ2v) is 8.86. The molecule has 0 spiro atoms. The molecule has 3 aromatic heterocycles. The number of benzene rings is 1. The lowest BCUT2D eigenvalue weighted by Gasteiger charge is -2.36. The predicted octanol–water partition coefficient (Wildman–Crippen LogP) is 1.40. The highest BCUT2D eigenvalue weighted by atomic mass is 16.3. The maximum atomic E-state index is 9.84. The van der Waals surface area contributed by atoms with Crippen molar-refractivity contribution in [1.29, 1.82) is 0 Å². The summed E-state index contributed by atoms with van der Waals surface area (Å²) in [5.74, 6) is 1.24. The fraction of sp³-hybridized carbons (Fsp3) is 0.333. The molecule has 4 N–H and O–H groups in total. The molecule has 1 fully saturated rings. The quantitative estimate of drug-likeness (QED) is 0.310. The summed E-state index contributed by atoms with van der Waals surface area (Å²) >= 11 is 0. The molecule has 0 aliphatic carbocycles. The number of nitrogens with zero attached hydrogens (tertiary/aromatic N) is 7. The van der Waals surface area contributed by atoms with Crippen LogP contribution in [0.15, 0.2) is 55.1 Å². The summed E-state index contributed by atoms with van der Waals surface area (Å²) in [4.78, 5) is 22.6. The number of imidazole rings is 1. The van der Waals surface area contributed by atoms with Crippen LogP contribution in [0, 0.1) is 0 Å². The minimum absolute atomic E-state index is 0.248. The third-order valence-electron chi connectivity index (χ3n) is 6.22. The van der Waals surface area contributed by atoms with Crippen LogP contribution in [-0.4, -0.2) is 84.8 Å². The van der Waals surface area contributed by atoms with E-state index in [1.165, 1.54) is 0 Å². The molecule has 1 aliphatic heterocycles. The van der Waals surface area contributed by atoms with Gasteiger partial charge in [-0.05, 0) is 43.3 Å². The molecule has 1 saturated heterocycles. The normalized spacial score (nSPS) is 14.5. The van der Waals surface area contributed by atoms with Crippen molar-refractivity contribution in [3.8, 4) is 11.4 Å². The van der Waals surface area contributed by atoms with Crippen LogP contribution >= 0.6 is 0 Å². The monoisotopic (exact) mass is 476 g/mol. The number of phenols is 1. The number of pyridine rings is 1. The standard InChI is InChI=1S/C24H28N8O3/c1-24(14-33,15-34)29-21-20-22(32(16-26-20)18-6-8-25-9-7-18)28-23(27-21)31-12-10-30(11-13-31)17-2-4-19(35)5-3-17/h2-9,16,33-35H,10-15H2,1H3,(H,27,28,29). The van der Waals surface area contributed by atoms with E-state index in [-0.39, 0.29) is 19.0 Å². The lowest BCUT2D eigenvalue weighted by molar-refractivity contribution is 0.147. The Balaban J connectivity index is 1.49. The van der Waals surface area contributed by atoms with Crippen molar-refractivity contribution in [2.45, 2.75) is 12.5 Å². The Morgan fingerprint density at radius 3 is 2.20 bits per heavy atom. The maximum absolute atomic E-state index is 9.84. The molecule has 0 saturated carbocycles. The van der Waals surface area contributed by atoms with Gasteiger partial charge in [0, 0.05) is 44.3 Å². The molecule has 1 aliphatic rings. The summed E-state index contributed by atoms with van der Waals surface area (Å²) in [5.41, 5.74) is 2.10. The summed E-state index contributed by atoms with van der Waals surface area (Å²) in [6.07, 6.45) is 5.10. The highest BCUT2D eigenvalue weighted by Crippen LogP contribution is 2.28. The Hall–Kier alpha value is -3.96. The van der Waals surface area contributed by atoms with E-state index in [4.69, 9.17) is 9.97 Å². The molecule has 11 nitrogen and oxygen atoms in total. The largest absolute Gasteiger partial charge is 0.508 e. The molecule has 5 rings (SSSR count). The van der Waals surface area contributed by atoms with E-state index in [0.717, 1.165) is 24.5 Å². The number of nitrogens with one attached hydrogen (secondary N) is 1. The fourth-order valence-electron chi connectivity index (χ4n) is 4.05. The Bertz CT molecular complexity index is 1280. The second kappa shape index (κ2) is 9.35. The third-order valence-corrected chi connectivity index (χ3v) is 6.22. The van der Waals surface area contributed by atoms with Gasteiger partial charge in [0.05, 0.1) is 24.4 Å². The van der Waals surface area contributed by atoms with Crippen LogP contribution in [-0.2, 0) is 0 Å². The van der Waals surface area contributed by atoms with Gasteiger partial charge < -0.3 is 30.4 Å². The SMILES string of the molecule is CC(CO)(CO)Nc1nc(N2CCN(c3ccc(O)cc3)CC2)nc2c1ncn2-c1ccncc1. The van der Waals surface area contributed by atoms with E-state index in [2.05, 4.69) is 25.1 Å². The van der Waals surface area contributed by atoms with Crippen LogP contribution < -0.4 is 15.1 Å². The van der Waals surface area contributed by atoms with Gasteiger partial charge in [-0.25, -0.2) is 4.98 Å². The summed E-state index contributed by atoms with van der Waals surface area (Å²) in [6, 6.07) is 10.9. The minimum atomic E-state index is -0.976. The van der Waals surface area contributed by atoms with Crippen LogP contribution in [0.2, 0.25) is 0 Å². The van der Waals surface area contributed by atoms with E-state index in [1.54, 1.807) is 37.8 Å². The van der Waals surface area contributed by atoms with Crippen molar-refractivity contribution in [2.24, 2.45) is 0 Å². The molecule has 0 unspecified atom stereocenters. The van der Waals surface area contributed by atoms with Gasteiger partial charge in [0.25, 0.3) is 0 Å². The molecule has 0 atom stereocenters. The summed E-state index contributed by atoms with van der Waals surface area (Å²) < 4.78 is 1.87. The number of anilines is 3. The first kappa shape index (κ1) is 22.8. The molecule has 4 aromatic rings. The van der Waals surface area contributed by atoms with E-state index in [9.17, 15) is 15.3 Å². The van der Waals surface area contributed by atoms with Gasteiger partial charge in [0.15, 0.2) is 17.0 Å². The van der Waals surface area contributed by atoms with E-state index in [1.807, 2.05) is 28.8 Å². The average Bonchev–Trinajstić information content (AvgIpc) is 3.34. The second-order valence-electron chi connectivity index (χ2n) is 8.86. The highest BCUT2D eigenvalue weighted by Gasteiger charge is 2.27. The number of rotatable bonds is 7. The van der Waals surface area contributed by atoms with Crippen molar-refractivity contribution >= 4 is 28.6 Å². The highest BCUT2D eigenvalue weighted by molar-refractivity contribution is 5.86. The summed E-state index contributed by atoms with van der Waals surface area (Å²) in [5, 5.41) is 32.4. The Morgan fingerprint density at radius 2 is 1.54 bits per heavy atom. The van der Waals surface area contributed by atoms with Crippen LogP contribution in [0.1, 0.15) is 6.92 Å². The smallest absolute Gasteiger partial charge is 0.229 e. The molecular formula is C24H28N8O3. The molecular weight excluding hydrogens is 448 g/mol. The van der Waals surface area contributed by atoms with Gasteiger partial charge in [-0.1, -0.05) is 0 Å². The molecule has 11 heteroatoms. The first-order valence-corrected chi connectivity index (χ1v) is 11.4. The molecule has 0 bridgehead atoms. The van der Waals surface area contributed by atoms with Crippen LogP contribution in [0.3, 0.4) is 0 Å². The van der Waals surface area contributed by atoms with Crippen molar-refractivity contribution < 1.29 is 15.3 Å². The zero-order valence-corrected chi connectivity index (χ0v) is 19.4. The van der Waals surface area contributed by atoms with Crippen LogP contribution in [0.4, 0.5) is 17.5 Å². The topological polar surface area (TPSA) is 136 Å². The number of aromatic nitrogens is 5. The number of phenolic OH excluding ortho intramolecular Hbond substituents is 1. The van der Waals surface area contributed by atoms with E-state index in [0.29, 0.717) is 36.0 Å². The number of aromatic hydroxyl groups is 1. The van der Waals surface area contributed by atoms with Crippen molar-refractivity contribution in [3.63, 3.8) is 0 Å². The van der Waals surface area contributed by atoms with Gasteiger partial charge in [0.1, 0.15) is 12.1 Å². The van der Waals surface area contributed by atoms with Gasteiger partial charge in [0.2, 0.25) is 5.95 Å². The van der Waals surface area contributed by atoms with Crippen molar-refractivity contribution in [1.82, 2.24) is 24.5 Å². The lowest BCUT2D eigenvalue weighted by atomic mass is 10.1. The molecule has 35 heavy (non-hydrogen) atoms. The first-order chi connectivity index (χ1) is 17.0. The van der Waals surface area contributed by atoms with E-state index >= 15 is 0 Å². The summed E-state index contributed by atoms with van der Waals surface area (Å²) in [6.45, 7) is 4.10. The lowest BCUT2D eigenvalue weighted by Crippen LogP contribution is -2.47. The fourth-order valence-corrected chi connectivity index (χ4v) is 4.05. The Kier molecular flexibility index (Phi) is 6.10. The molecule has 0 radical (unpaired) electrons. The molecule has 4 heterocycles. The Labute approximate surface area is 202 Å². The van der Waals surface area contributed by atoms with Gasteiger partial charge in [-0.15, -0.1) is 0 Å². The first-order valence-electron chi connectivity index (χ1n) is 11.4. The van der Waals surface area contributed by atoms with Crippen LogP contribution in [0.25, 0.3) is 16.9 Å². The van der Waals surface area contributed by atoms with Gasteiger partial charge in [-0.3, -0.25) is 9.55 Å². The predicted molar refractivity (Wildman–Crippen MR) is 133 cm³/mol. The number of aliphatic hydroxyl groups is 2. The zero-order valence-electron chi connectivity index (χ0n) is 19.4. The number of hydrogen-bond acceptors (Lipinski definition) is 10. The molecule has 0 amide bonds. The van der Waals surface area contributed by atoms with E-state index < -0.39 is 5.54 Å².